The highest BCUT2D eigenvalue weighted by atomic mass is 32.2. The van der Waals surface area contributed by atoms with Gasteiger partial charge in [0, 0.05) is 52.2 Å². The van der Waals surface area contributed by atoms with E-state index in [0.717, 1.165) is 0 Å². The van der Waals surface area contributed by atoms with Gasteiger partial charge in [0.1, 0.15) is 0 Å². The molecule has 0 atom stereocenters. The van der Waals surface area contributed by atoms with Crippen LogP contribution < -0.4 is 0 Å². The van der Waals surface area contributed by atoms with Gasteiger partial charge >= 0.3 is 0 Å². The predicted octanol–water partition coefficient (Wildman–Crippen LogP) is 0.937. The fourth-order valence-corrected chi connectivity index (χ4v) is 5.93. The van der Waals surface area contributed by atoms with Crippen molar-refractivity contribution in [1.82, 2.24) is 13.5 Å². The van der Waals surface area contributed by atoms with E-state index >= 15 is 0 Å². The molecule has 1 aliphatic rings. The Morgan fingerprint density at radius 3 is 1.96 bits per heavy atom. The first-order chi connectivity index (χ1) is 12.8. The summed E-state index contributed by atoms with van der Waals surface area (Å²) in [6.07, 6.45) is 0.426. The monoisotopic (exact) mass is 414 g/mol. The molecular formula is C17H26N4O4S2. The van der Waals surface area contributed by atoms with Crippen molar-refractivity contribution in [2.75, 3.05) is 45.8 Å². The average Bonchev–Trinajstić information content (AvgIpc) is 2.67. The summed E-state index contributed by atoms with van der Waals surface area (Å²) in [4.78, 5) is 2.24. The van der Waals surface area contributed by atoms with Crippen LogP contribution in [0.2, 0.25) is 0 Å². The molecule has 0 bridgehead atoms. The van der Waals surface area contributed by atoms with Crippen molar-refractivity contribution in [3.63, 3.8) is 0 Å². The number of rotatable bonds is 8. The number of benzene rings is 1. The summed E-state index contributed by atoms with van der Waals surface area (Å²) < 4.78 is 53.4. The lowest BCUT2D eigenvalue weighted by molar-refractivity contribution is 0.191. The molecule has 8 nitrogen and oxygen atoms in total. The molecule has 1 saturated heterocycles. The Balaban J connectivity index is 2.13. The maximum Gasteiger partial charge on any atom is 0.243 e. The highest BCUT2D eigenvalue weighted by molar-refractivity contribution is 7.89. The molecule has 1 fully saturated rings. The molecule has 10 heteroatoms. The number of piperazine rings is 1. The quantitative estimate of drug-likeness (QED) is 0.627. The minimum absolute atomic E-state index is 0.0893. The fourth-order valence-electron chi connectivity index (χ4n) is 3.05. The maximum absolute atomic E-state index is 12.8. The van der Waals surface area contributed by atoms with Gasteiger partial charge in [0.25, 0.3) is 0 Å². The van der Waals surface area contributed by atoms with E-state index in [0.29, 0.717) is 52.2 Å². The van der Waals surface area contributed by atoms with Crippen LogP contribution in [0.4, 0.5) is 0 Å². The molecule has 0 aliphatic carbocycles. The summed E-state index contributed by atoms with van der Waals surface area (Å²) in [7, 11) is -7.28. The molecule has 0 N–H and O–H groups in total. The van der Waals surface area contributed by atoms with Crippen LogP contribution in [-0.4, -0.2) is 76.2 Å². The van der Waals surface area contributed by atoms with E-state index in [2.05, 4.69) is 11.0 Å². The van der Waals surface area contributed by atoms with E-state index in [9.17, 15) is 16.8 Å². The normalized spacial score (nSPS) is 17.1. The van der Waals surface area contributed by atoms with Gasteiger partial charge in [-0.05, 0) is 24.3 Å². The van der Waals surface area contributed by atoms with Crippen LogP contribution in [0.25, 0.3) is 0 Å². The second-order valence-corrected chi connectivity index (χ2v) is 10.1. The van der Waals surface area contributed by atoms with Gasteiger partial charge in [0.05, 0.1) is 15.9 Å². The average molecular weight is 415 g/mol. The molecule has 27 heavy (non-hydrogen) atoms. The molecule has 0 radical (unpaired) electrons. The van der Waals surface area contributed by atoms with E-state index < -0.39 is 20.0 Å². The predicted molar refractivity (Wildman–Crippen MR) is 102 cm³/mol. The van der Waals surface area contributed by atoms with E-state index in [-0.39, 0.29) is 9.79 Å². The smallest absolute Gasteiger partial charge is 0.243 e. The lowest BCUT2D eigenvalue weighted by Gasteiger charge is -2.33. The van der Waals surface area contributed by atoms with Crippen molar-refractivity contribution in [2.45, 2.75) is 30.1 Å². The number of nitriles is 1. The minimum Gasteiger partial charge on any atom is -0.300 e. The van der Waals surface area contributed by atoms with Gasteiger partial charge in [-0.2, -0.15) is 13.9 Å². The molecule has 1 aliphatic heterocycles. The first-order valence-corrected chi connectivity index (χ1v) is 11.8. The summed E-state index contributed by atoms with van der Waals surface area (Å²) >= 11 is 0. The minimum atomic E-state index is -3.67. The Morgan fingerprint density at radius 2 is 1.48 bits per heavy atom. The Labute approximate surface area is 162 Å². The first-order valence-electron chi connectivity index (χ1n) is 8.97. The van der Waals surface area contributed by atoms with E-state index in [1.54, 1.807) is 13.8 Å². The zero-order valence-corrected chi connectivity index (χ0v) is 17.3. The second-order valence-electron chi connectivity index (χ2n) is 6.21. The Morgan fingerprint density at radius 1 is 0.963 bits per heavy atom. The molecule has 1 aromatic rings. The molecule has 1 aromatic carbocycles. The van der Waals surface area contributed by atoms with Gasteiger partial charge in [-0.3, -0.25) is 4.90 Å². The Kier molecular flexibility index (Phi) is 7.36. The summed E-state index contributed by atoms with van der Waals surface area (Å²) in [6.45, 7) is 6.74. The number of hydrogen-bond acceptors (Lipinski definition) is 6. The topological polar surface area (TPSA) is 102 Å². The number of hydrogen-bond donors (Lipinski definition) is 0. The molecule has 0 saturated carbocycles. The fraction of sp³-hybridized carbons (Fsp3) is 0.588. The van der Waals surface area contributed by atoms with Gasteiger partial charge in [-0.15, -0.1) is 0 Å². The lowest BCUT2D eigenvalue weighted by atomic mass is 10.3. The molecule has 0 spiro atoms. The van der Waals surface area contributed by atoms with Crippen molar-refractivity contribution < 1.29 is 16.8 Å². The summed E-state index contributed by atoms with van der Waals surface area (Å²) in [5.74, 6) is 0. The number of nitrogens with zero attached hydrogens (tertiary/aromatic N) is 4. The van der Waals surface area contributed by atoms with Crippen LogP contribution in [0.5, 0.6) is 0 Å². The number of sulfonamides is 2. The van der Waals surface area contributed by atoms with Crippen LogP contribution in [0.3, 0.4) is 0 Å². The highest BCUT2D eigenvalue weighted by Crippen LogP contribution is 2.21. The highest BCUT2D eigenvalue weighted by Gasteiger charge is 2.29. The van der Waals surface area contributed by atoms with Gasteiger partial charge in [-0.25, -0.2) is 16.8 Å². The Hall–Kier alpha value is -1.51. The standard InChI is InChI=1S/C17H26N4O4S2/c1-3-20(4-2)26(22,23)16-6-8-17(9-7-16)27(24,25)21-14-12-19(13-15-21)11-5-10-18/h6-9H,3-5,11-15H2,1-2H3. The molecular weight excluding hydrogens is 388 g/mol. The first kappa shape index (κ1) is 21.8. The molecule has 0 amide bonds. The van der Waals surface area contributed by atoms with E-state index in [1.807, 2.05) is 0 Å². The zero-order valence-electron chi connectivity index (χ0n) is 15.7. The Bertz CT molecular complexity index is 865. The summed E-state index contributed by atoms with van der Waals surface area (Å²) in [6, 6.07) is 7.50. The third-order valence-corrected chi connectivity index (χ3v) is 8.65. The van der Waals surface area contributed by atoms with Crippen molar-refractivity contribution in [2.24, 2.45) is 0 Å². The van der Waals surface area contributed by atoms with Crippen molar-refractivity contribution >= 4 is 20.0 Å². The van der Waals surface area contributed by atoms with Gasteiger partial charge in [-0.1, -0.05) is 13.8 Å². The third kappa shape index (κ3) is 4.86. The molecule has 150 valence electrons. The van der Waals surface area contributed by atoms with Gasteiger partial charge in [0.2, 0.25) is 20.0 Å². The van der Waals surface area contributed by atoms with E-state index in [1.165, 1.54) is 32.9 Å². The van der Waals surface area contributed by atoms with Crippen molar-refractivity contribution in [1.29, 1.82) is 5.26 Å². The van der Waals surface area contributed by atoms with Crippen molar-refractivity contribution in [3.05, 3.63) is 24.3 Å². The van der Waals surface area contributed by atoms with Crippen LogP contribution in [-0.2, 0) is 20.0 Å². The van der Waals surface area contributed by atoms with Crippen molar-refractivity contribution in [3.8, 4) is 6.07 Å². The summed E-state index contributed by atoms with van der Waals surface area (Å²) in [5.41, 5.74) is 0. The third-order valence-electron chi connectivity index (χ3n) is 4.68. The van der Waals surface area contributed by atoms with Gasteiger partial charge in [0.15, 0.2) is 0 Å². The molecule has 0 aromatic heterocycles. The molecule has 0 unspecified atom stereocenters. The largest absolute Gasteiger partial charge is 0.300 e. The second kappa shape index (κ2) is 9.12. The molecule has 2 rings (SSSR count). The summed E-state index contributed by atoms with van der Waals surface area (Å²) in [5, 5.41) is 8.64. The zero-order chi connectivity index (χ0) is 20.1. The maximum atomic E-state index is 12.8. The van der Waals surface area contributed by atoms with Crippen LogP contribution in [0.15, 0.2) is 34.1 Å². The van der Waals surface area contributed by atoms with Crippen LogP contribution in [0.1, 0.15) is 20.3 Å². The van der Waals surface area contributed by atoms with Gasteiger partial charge < -0.3 is 0 Å². The lowest BCUT2D eigenvalue weighted by Crippen LogP contribution is -2.48. The van der Waals surface area contributed by atoms with Crippen LogP contribution >= 0.6 is 0 Å². The molecule has 1 heterocycles. The van der Waals surface area contributed by atoms with E-state index in [4.69, 9.17) is 5.26 Å². The van der Waals surface area contributed by atoms with Crippen LogP contribution in [0, 0.1) is 11.3 Å². The SMILES string of the molecule is CCN(CC)S(=O)(=O)c1ccc(S(=O)(=O)N2CCN(CCC#N)CC2)cc1.